The van der Waals surface area contributed by atoms with Crippen LogP contribution in [-0.4, -0.2) is 23.6 Å². The highest BCUT2D eigenvalue weighted by molar-refractivity contribution is 9.09. The van der Waals surface area contributed by atoms with E-state index in [-0.39, 0.29) is 11.0 Å². The van der Waals surface area contributed by atoms with Crippen LogP contribution in [0.1, 0.15) is 42.5 Å². The van der Waals surface area contributed by atoms with Crippen molar-refractivity contribution in [2.24, 2.45) is 5.41 Å². The Morgan fingerprint density at radius 2 is 1.90 bits per heavy atom. The number of carbonyl (C=O) groups is 2. The van der Waals surface area contributed by atoms with Crippen LogP contribution in [0.2, 0.25) is 0 Å². The highest BCUT2D eigenvalue weighted by atomic mass is 79.9. The minimum atomic E-state index is -0.593. The summed E-state index contributed by atoms with van der Waals surface area (Å²) in [5.41, 5.74) is 0.766. The lowest BCUT2D eigenvalue weighted by molar-refractivity contribution is -0.114. The van der Waals surface area contributed by atoms with E-state index in [0.717, 1.165) is 37.1 Å². The number of hydrogen-bond acceptors (Lipinski definition) is 2. The summed E-state index contributed by atoms with van der Waals surface area (Å²) >= 11 is 3.58. The minimum Gasteiger partial charge on any atom is -0.304 e. The van der Waals surface area contributed by atoms with Gasteiger partial charge in [0.15, 0.2) is 0 Å². The number of nitrogens with zero attached hydrogens (tertiary/aromatic N) is 1. The third-order valence-electron chi connectivity index (χ3n) is 4.62. The molecule has 1 amide bonds. The number of Topliss-reactive ketones (excluding diaryl/α,β-unsaturated/α-hetero) is 1. The number of halogens is 2. The monoisotopic (exact) mass is 353 g/mol. The average Bonchev–Trinajstić information content (AvgIpc) is 2.73. The molecule has 112 valence electrons. The smallest absolute Gasteiger partial charge is 0.299 e. The van der Waals surface area contributed by atoms with Gasteiger partial charge in [0.2, 0.25) is 0 Å². The normalized spacial score (nSPS) is 20.8. The number of hydrogen-bond donors (Lipinski definition) is 0. The summed E-state index contributed by atoms with van der Waals surface area (Å²) in [4.78, 5) is 25.8. The standard InChI is InChI=1S/C16H17BrFNO2/c17-9-16(6-2-1-3-7-16)10-19-13-5-4-11(18)8-12(13)14(20)15(19)21/h4-5,8H,1-3,6-7,9-10H2. The summed E-state index contributed by atoms with van der Waals surface area (Å²) in [5.74, 6) is -1.60. The second kappa shape index (κ2) is 5.52. The maximum absolute atomic E-state index is 13.3. The van der Waals surface area contributed by atoms with Crippen molar-refractivity contribution in [2.45, 2.75) is 32.1 Å². The summed E-state index contributed by atoms with van der Waals surface area (Å²) in [6, 6.07) is 4.01. The topological polar surface area (TPSA) is 37.4 Å². The van der Waals surface area contributed by atoms with Crippen LogP contribution in [0.3, 0.4) is 0 Å². The summed E-state index contributed by atoms with van der Waals surface area (Å²) in [7, 11) is 0. The van der Waals surface area contributed by atoms with Gasteiger partial charge in [-0.05, 0) is 36.5 Å². The molecule has 0 saturated heterocycles. The van der Waals surface area contributed by atoms with Gasteiger partial charge in [-0.15, -0.1) is 0 Å². The fourth-order valence-corrected chi connectivity index (χ4v) is 4.14. The maximum atomic E-state index is 13.3. The molecule has 1 heterocycles. The Morgan fingerprint density at radius 3 is 2.57 bits per heavy atom. The molecule has 0 aromatic heterocycles. The van der Waals surface area contributed by atoms with Gasteiger partial charge < -0.3 is 4.90 Å². The fraction of sp³-hybridized carbons (Fsp3) is 0.500. The lowest BCUT2D eigenvalue weighted by atomic mass is 9.75. The Labute approximate surface area is 131 Å². The molecule has 5 heteroatoms. The van der Waals surface area contributed by atoms with Crippen molar-refractivity contribution in [3.05, 3.63) is 29.6 Å². The van der Waals surface area contributed by atoms with E-state index in [1.165, 1.54) is 18.6 Å². The molecule has 1 aliphatic carbocycles. The van der Waals surface area contributed by atoms with E-state index in [0.29, 0.717) is 12.2 Å². The van der Waals surface area contributed by atoms with Crippen LogP contribution in [0.5, 0.6) is 0 Å². The van der Waals surface area contributed by atoms with E-state index in [1.54, 1.807) is 4.90 Å². The SMILES string of the molecule is O=C1C(=O)N(CC2(CBr)CCCCC2)c2ccc(F)cc21. The first-order valence-corrected chi connectivity index (χ1v) is 8.40. The predicted octanol–water partition coefficient (Wildman–Crippen LogP) is 3.70. The van der Waals surface area contributed by atoms with E-state index in [1.807, 2.05) is 0 Å². The Hall–Kier alpha value is -1.23. The minimum absolute atomic E-state index is 0.0180. The second-order valence-corrected chi connectivity index (χ2v) is 6.64. The number of alkyl halides is 1. The second-order valence-electron chi connectivity index (χ2n) is 6.08. The first-order chi connectivity index (χ1) is 10.1. The van der Waals surface area contributed by atoms with Crippen molar-refractivity contribution in [3.8, 4) is 0 Å². The summed E-state index contributed by atoms with van der Waals surface area (Å²) < 4.78 is 13.3. The summed E-state index contributed by atoms with van der Waals surface area (Å²) in [6.45, 7) is 0.529. The van der Waals surface area contributed by atoms with E-state index >= 15 is 0 Å². The zero-order chi connectivity index (χ0) is 15.0. The van der Waals surface area contributed by atoms with Crippen LogP contribution in [0, 0.1) is 11.2 Å². The number of carbonyl (C=O) groups excluding carboxylic acids is 2. The quantitative estimate of drug-likeness (QED) is 0.613. The van der Waals surface area contributed by atoms with Crippen molar-refractivity contribution < 1.29 is 14.0 Å². The van der Waals surface area contributed by atoms with Crippen LogP contribution < -0.4 is 4.90 Å². The van der Waals surface area contributed by atoms with Crippen molar-refractivity contribution >= 4 is 33.3 Å². The van der Waals surface area contributed by atoms with Gasteiger partial charge in [0, 0.05) is 11.9 Å². The molecular weight excluding hydrogens is 337 g/mol. The van der Waals surface area contributed by atoms with Crippen LogP contribution in [0.4, 0.5) is 10.1 Å². The van der Waals surface area contributed by atoms with Crippen LogP contribution >= 0.6 is 15.9 Å². The number of rotatable bonds is 3. The maximum Gasteiger partial charge on any atom is 0.299 e. The molecule has 2 aliphatic rings. The first kappa shape index (κ1) is 14.7. The first-order valence-electron chi connectivity index (χ1n) is 7.28. The highest BCUT2D eigenvalue weighted by Crippen LogP contribution is 2.41. The Morgan fingerprint density at radius 1 is 1.19 bits per heavy atom. The summed E-state index contributed by atoms with van der Waals surface area (Å²) in [6.07, 6.45) is 5.62. The van der Waals surface area contributed by atoms with Crippen molar-refractivity contribution in [1.82, 2.24) is 0 Å². The van der Waals surface area contributed by atoms with Crippen molar-refractivity contribution in [2.75, 3.05) is 16.8 Å². The number of benzene rings is 1. The fourth-order valence-electron chi connectivity index (χ4n) is 3.40. The molecule has 0 spiro atoms. The Balaban J connectivity index is 1.92. The molecule has 1 aliphatic heterocycles. The molecule has 3 rings (SSSR count). The molecule has 0 bridgehead atoms. The van der Waals surface area contributed by atoms with Gasteiger partial charge in [-0.2, -0.15) is 0 Å². The number of anilines is 1. The van der Waals surface area contributed by atoms with E-state index in [2.05, 4.69) is 15.9 Å². The van der Waals surface area contributed by atoms with Crippen LogP contribution in [-0.2, 0) is 4.79 Å². The molecule has 21 heavy (non-hydrogen) atoms. The largest absolute Gasteiger partial charge is 0.304 e. The number of amides is 1. The lowest BCUT2D eigenvalue weighted by Crippen LogP contribution is -2.43. The molecule has 1 aromatic rings. The molecule has 1 fully saturated rings. The highest BCUT2D eigenvalue weighted by Gasteiger charge is 2.41. The van der Waals surface area contributed by atoms with E-state index < -0.39 is 17.5 Å². The van der Waals surface area contributed by atoms with Gasteiger partial charge in [-0.3, -0.25) is 9.59 Å². The summed E-state index contributed by atoms with van der Waals surface area (Å²) in [5, 5.41) is 0.814. The Kier molecular flexibility index (Phi) is 3.86. The van der Waals surface area contributed by atoms with Gasteiger partial charge in [-0.25, -0.2) is 4.39 Å². The Bertz CT molecular complexity index is 596. The number of fused-ring (bicyclic) bond motifs is 1. The zero-order valence-electron chi connectivity index (χ0n) is 11.7. The number of ketones is 1. The predicted molar refractivity (Wildman–Crippen MR) is 82.4 cm³/mol. The third kappa shape index (κ3) is 2.52. The van der Waals surface area contributed by atoms with Gasteiger partial charge in [0.05, 0.1) is 11.3 Å². The van der Waals surface area contributed by atoms with Crippen molar-refractivity contribution in [1.29, 1.82) is 0 Å². The van der Waals surface area contributed by atoms with Gasteiger partial charge in [-0.1, -0.05) is 35.2 Å². The average molecular weight is 354 g/mol. The van der Waals surface area contributed by atoms with Crippen molar-refractivity contribution in [3.63, 3.8) is 0 Å². The van der Waals surface area contributed by atoms with Gasteiger partial charge in [0.1, 0.15) is 5.82 Å². The van der Waals surface area contributed by atoms with Gasteiger partial charge >= 0.3 is 0 Å². The molecular formula is C16H17BrFNO2. The lowest BCUT2D eigenvalue weighted by Gasteiger charge is -2.38. The van der Waals surface area contributed by atoms with Crippen LogP contribution in [0.25, 0.3) is 0 Å². The molecule has 0 radical (unpaired) electrons. The van der Waals surface area contributed by atoms with Gasteiger partial charge in [0.25, 0.3) is 11.7 Å². The third-order valence-corrected chi connectivity index (χ3v) is 5.81. The molecule has 0 unspecified atom stereocenters. The molecule has 3 nitrogen and oxygen atoms in total. The molecule has 0 atom stereocenters. The zero-order valence-corrected chi connectivity index (χ0v) is 13.3. The van der Waals surface area contributed by atoms with E-state index in [9.17, 15) is 14.0 Å². The molecule has 0 N–H and O–H groups in total. The molecule has 1 saturated carbocycles. The van der Waals surface area contributed by atoms with E-state index in [4.69, 9.17) is 0 Å². The van der Waals surface area contributed by atoms with Crippen LogP contribution in [0.15, 0.2) is 18.2 Å². The molecule has 1 aromatic carbocycles.